The fourth-order valence-corrected chi connectivity index (χ4v) is 4.75. The van der Waals surface area contributed by atoms with E-state index in [0.717, 1.165) is 56.9 Å². The first-order chi connectivity index (χ1) is 16.6. The Morgan fingerprint density at radius 1 is 0.912 bits per heavy atom. The molecule has 1 fully saturated rings. The lowest BCUT2D eigenvalue weighted by Gasteiger charge is -2.29. The highest BCUT2D eigenvalue weighted by atomic mass is 16.5. The zero-order valence-corrected chi connectivity index (χ0v) is 19.8. The molecule has 1 saturated heterocycles. The number of carbonyl (C=O) groups is 1. The van der Waals surface area contributed by atoms with E-state index >= 15 is 0 Å². The fourth-order valence-electron chi connectivity index (χ4n) is 4.75. The van der Waals surface area contributed by atoms with Crippen LogP contribution in [0.4, 0.5) is 5.69 Å². The van der Waals surface area contributed by atoms with E-state index in [-0.39, 0.29) is 5.91 Å². The number of nitrogens with zero attached hydrogens (tertiary/aromatic N) is 1. The molecule has 0 unspecified atom stereocenters. The molecule has 0 radical (unpaired) electrons. The Balaban J connectivity index is 1.18. The number of rotatable bonds is 6. The van der Waals surface area contributed by atoms with Crippen molar-refractivity contribution in [2.75, 3.05) is 38.2 Å². The van der Waals surface area contributed by atoms with Crippen LogP contribution in [0.1, 0.15) is 28.7 Å². The van der Waals surface area contributed by atoms with E-state index in [1.165, 1.54) is 33.4 Å². The summed E-state index contributed by atoms with van der Waals surface area (Å²) in [5.41, 5.74) is 9.58. The summed E-state index contributed by atoms with van der Waals surface area (Å²) < 4.78 is 5.46. The summed E-state index contributed by atoms with van der Waals surface area (Å²) in [7, 11) is 0. The van der Waals surface area contributed by atoms with E-state index in [4.69, 9.17) is 4.74 Å². The van der Waals surface area contributed by atoms with Crippen LogP contribution in [0.5, 0.6) is 0 Å². The molecule has 1 aliphatic carbocycles. The molecule has 0 atom stereocenters. The zero-order valence-electron chi connectivity index (χ0n) is 19.8. The number of nitrogens with one attached hydrogen (secondary N) is 1. The van der Waals surface area contributed by atoms with Crippen LogP contribution < -0.4 is 5.32 Å². The van der Waals surface area contributed by atoms with Crippen LogP contribution in [0.15, 0.2) is 72.3 Å². The van der Waals surface area contributed by atoms with Crippen molar-refractivity contribution in [2.45, 2.75) is 26.2 Å². The van der Waals surface area contributed by atoms with Crippen LogP contribution in [-0.4, -0.2) is 43.7 Å². The normalized spacial score (nSPS) is 16.0. The summed E-state index contributed by atoms with van der Waals surface area (Å²) in [6.45, 7) is 6.83. The molecule has 2 aliphatic rings. The highest BCUT2D eigenvalue weighted by molar-refractivity contribution is 5.92. The van der Waals surface area contributed by atoms with Gasteiger partial charge in [-0.1, -0.05) is 71.8 Å². The maximum Gasteiger partial charge on any atom is 0.228 e. The van der Waals surface area contributed by atoms with Crippen molar-refractivity contribution in [2.24, 2.45) is 0 Å². The topological polar surface area (TPSA) is 41.6 Å². The third-order valence-electron chi connectivity index (χ3n) is 6.74. The number of amides is 1. The second-order valence-corrected chi connectivity index (χ2v) is 9.39. The Hall–Kier alpha value is -3.21. The molecule has 3 aromatic carbocycles. The first-order valence-electron chi connectivity index (χ1n) is 12.2. The van der Waals surface area contributed by atoms with Crippen LogP contribution in [-0.2, 0) is 22.4 Å². The molecule has 174 valence electrons. The molecule has 3 aromatic rings. The van der Waals surface area contributed by atoms with Gasteiger partial charge in [0.2, 0.25) is 5.91 Å². The number of hydrogen-bond acceptors (Lipinski definition) is 3. The molecule has 0 saturated carbocycles. The zero-order chi connectivity index (χ0) is 23.3. The van der Waals surface area contributed by atoms with Gasteiger partial charge in [0.15, 0.2) is 0 Å². The van der Waals surface area contributed by atoms with Crippen LogP contribution in [0.2, 0.25) is 0 Å². The third-order valence-corrected chi connectivity index (χ3v) is 6.74. The number of carbonyl (C=O) groups excluding carboxylic acids is 1. The number of fused-ring (bicyclic) bond motifs is 1. The Morgan fingerprint density at radius 2 is 1.62 bits per heavy atom. The van der Waals surface area contributed by atoms with Gasteiger partial charge in [-0.3, -0.25) is 9.69 Å². The third kappa shape index (κ3) is 5.64. The van der Waals surface area contributed by atoms with E-state index in [2.05, 4.69) is 71.7 Å². The maximum absolute atomic E-state index is 12.7. The predicted molar refractivity (Wildman–Crippen MR) is 139 cm³/mol. The molecular formula is C30H32N2O2. The van der Waals surface area contributed by atoms with Crippen LogP contribution in [0.3, 0.4) is 0 Å². The highest BCUT2D eigenvalue weighted by Crippen LogP contribution is 2.27. The standard InChI is InChI=1S/C30H32N2O2/c1-22-2-7-25(8-3-22)26-9-4-23(5-10-26)19-30(33)31-29-13-12-27-18-24(6-11-28(27)20-29)21-32-14-16-34-17-15-32/h2-5,7-10,12-13,18,20H,6,11,14-17,19,21H2,1H3,(H,31,33). The van der Waals surface area contributed by atoms with Crippen molar-refractivity contribution in [1.82, 2.24) is 4.90 Å². The SMILES string of the molecule is Cc1ccc(-c2ccc(CC(=O)Nc3ccc4c(c3)CCC(CN3CCOCC3)=C4)cc2)cc1. The van der Waals surface area contributed by atoms with E-state index < -0.39 is 0 Å². The predicted octanol–water partition coefficient (Wildman–Crippen LogP) is 5.51. The van der Waals surface area contributed by atoms with Crippen LogP contribution in [0, 0.1) is 6.92 Å². The number of ether oxygens (including phenoxy) is 1. The lowest BCUT2D eigenvalue weighted by molar-refractivity contribution is -0.115. The average Bonchev–Trinajstić information content (AvgIpc) is 2.86. The molecular weight excluding hydrogens is 420 g/mol. The summed E-state index contributed by atoms with van der Waals surface area (Å²) in [5.74, 6) is 0.0161. The lowest BCUT2D eigenvalue weighted by Crippen LogP contribution is -2.37. The summed E-state index contributed by atoms with van der Waals surface area (Å²) in [6.07, 6.45) is 4.80. The largest absolute Gasteiger partial charge is 0.379 e. The van der Waals surface area contributed by atoms with Gasteiger partial charge in [-0.05, 0) is 59.7 Å². The molecule has 34 heavy (non-hydrogen) atoms. The number of morpholine rings is 1. The molecule has 4 heteroatoms. The summed E-state index contributed by atoms with van der Waals surface area (Å²) >= 11 is 0. The molecule has 1 heterocycles. The molecule has 0 bridgehead atoms. The Bertz CT molecular complexity index is 1170. The second kappa shape index (κ2) is 10.4. The van der Waals surface area contributed by atoms with Gasteiger partial charge in [-0.2, -0.15) is 0 Å². The monoisotopic (exact) mass is 452 g/mol. The number of benzene rings is 3. The maximum atomic E-state index is 12.7. The van der Waals surface area contributed by atoms with Gasteiger partial charge < -0.3 is 10.1 Å². The number of anilines is 1. The first-order valence-corrected chi connectivity index (χ1v) is 12.2. The Morgan fingerprint density at radius 3 is 2.35 bits per heavy atom. The van der Waals surface area contributed by atoms with E-state index in [0.29, 0.717) is 6.42 Å². The second-order valence-electron chi connectivity index (χ2n) is 9.39. The van der Waals surface area contributed by atoms with E-state index in [9.17, 15) is 4.79 Å². The smallest absolute Gasteiger partial charge is 0.228 e. The van der Waals surface area contributed by atoms with Gasteiger partial charge in [0.25, 0.3) is 0 Å². The quantitative estimate of drug-likeness (QED) is 0.537. The minimum Gasteiger partial charge on any atom is -0.379 e. The Labute approximate surface area is 202 Å². The van der Waals surface area contributed by atoms with Crippen molar-refractivity contribution in [3.63, 3.8) is 0 Å². The van der Waals surface area contributed by atoms with Gasteiger partial charge in [0.05, 0.1) is 19.6 Å². The molecule has 0 spiro atoms. The molecule has 4 nitrogen and oxygen atoms in total. The number of hydrogen-bond donors (Lipinski definition) is 1. The van der Waals surface area contributed by atoms with Gasteiger partial charge >= 0.3 is 0 Å². The van der Waals surface area contributed by atoms with Crippen LogP contribution >= 0.6 is 0 Å². The summed E-state index contributed by atoms with van der Waals surface area (Å²) in [4.78, 5) is 15.2. The van der Waals surface area contributed by atoms with Crippen molar-refractivity contribution < 1.29 is 9.53 Å². The van der Waals surface area contributed by atoms with Gasteiger partial charge in [0.1, 0.15) is 0 Å². The lowest BCUT2D eigenvalue weighted by atomic mass is 9.91. The van der Waals surface area contributed by atoms with Crippen LogP contribution in [0.25, 0.3) is 17.2 Å². The van der Waals surface area contributed by atoms with Crippen molar-refractivity contribution in [3.05, 3.63) is 94.6 Å². The minimum atomic E-state index is 0.0161. The van der Waals surface area contributed by atoms with Crippen molar-refractivity contribution in [1.29, 1.82) is 0 Å². The summed E-state index contributed by atoms with van der Waals surface area (Å²) in [6, 6.07) is 23.1. The molecule has 1 aliphatic heterocycles. The Kier molecular flexibility index (Phi) is 6.89. The van der Waals surface area contributed by atoms with Gasteiger partial charge in [-0.25, -0.2) is 0 Å². The molecule has 5 rings (SSSR count). The highest BCUT2D eigenvalue weighted by Gasteiger charge is 2.16. The molecule has 1 amide bonds. The van der Waals surface area contributed by atoms with Crippen molar-refractivity contribution >= 4 is 17.7 Å². The average molecular weight is 453 g/mol. The summed E-state index contributed by atoms with van der Waals surface area (Å²) in [5, 5.41) is 3.09. The first kappa shape index (κ1) is 22.6. The molecule has 0 aromatic heterocycles. The fraction of sp³-hybridized carbons (Fsp3) is 0.300. The minimum absolute atomic E-state index is 0.0161. The molecule has 1 N–H and O–H groups in total. The van der Waals surface area contributed by atoms with E-state index in [1.54, 1.807) is 0 Å². The number of aryl methyl sites for hydroxylation is 2. The van der Waals surface area contributed by atoms with Gasteiger partial charge in [-0.15, -0.1) is 0 Å². The van der Waals surface area contributed by atoms with Crippen molar-refractivity contribution in [3.8, 4) is 11.1 Å². The van der Waals surface area contributed by atoms with E-state index in [1.807, 2.05) is 18.2 Å². The van der Waals surface area contributed by atoms with Gasteiger partial charge in [0, 0.05) is 25.3 Å².